The molecule has 3 rings (SSSR count). The number of halogens is 1. The molecule has 0 saturated carbocycles. The molecule has 29 heavy (non-hydrogen) atoms. The lowest BCUT2D eigenvalue weighted by atomic mass is 10.1. The third-order valence-corrected chi connectivity index (χ3v) is 5.61. The van der Waals surface area contributed by atoms with E-state index in [1.165, 1.54) is 28.3 Å². The van der Waals surface area contributed by atoms with Crippen LogP contribution in [0.3, 0.4) is 0 Å². The van der Waals surface area contributed by atoms with Crippen molar-refractivity contribution in [1.29, 1.82) is 0 Å². The fourth-order valence-corrected chi connectivity index (χ4v) is 3.79. The molecule has 0 saturated heterocycles. The summed E-state index contributed by atoms with van der Waals surface area (Å²) in [5, 5.41) is 3.06. The van der Waals surface area contributed by atoms with Gasteiger partial charge in [0.25, 0.3) is 11.5 Å². The Morgan fingerprint density at radius 2 is 2.03 bits per heavy atom. The highest BCUT2D eigenvalue weighted by Gasteiger charge is 2.15. The van der Waals surface area contributed by atoms with Crippen LogP contribution in [0.1, 0.15) is 16.0 Å². The molecule has 1 amide bonds. The van der Waals surface area contributed by atoms with Crippen LogP contribution in [-0.4, -0.2) is 34.6 Å². The summed E-state index contributed by atoms with van der Waals surface area (Å²) in [6, 6.07) is 6.30. The summed E-state index contributed by atoms with van der Waals surface area (Å²) >= 11 is 1.42. The monoisotopic (exact) mass is 417 g/mol. The number of carbonyl (C=O) groups excluding carboxylic acids is 2. The van der Waals surface area contributed by atoms with Gasteiger partial charge in [-0.15, -0.1) is 11.3 Å². The van der Waals surface area contributed by atoms with E-state index < -0.39 is 18.5 Å². The zero-order valence-corrected chi connectivity index (χ0v) is 16.8. The smallest absolute Gasteiger partial charge is 0.326 e. The molecule has 3 aromatic rings. The van der Waals surface area contributed by atoms with E-state index in [9.17, 15) is 18.8 Å². The summed E-state index contributed by atoms with van der Waals surface area (Å²) in [6.45, 7) is 3.15. The van der Waals surface area contributed by atoms with Crippen LogP contribution in [0.4, 0.5) is 4.39 Å². The van der Waals surface area contributed by atoms with Gasteiger partial charge in [-0.3, -0.25) is 19.0 Å². The standard InChI is InChI=1S/C20H20FN3O4S/c1-12-13(2)29-19-18(12)20(27)24(11-23-19)9-17(26)28-10-16(25)22-8-7-14-5-3-4-6-15(14)21/h3-6,11H,7-10H2,1-2H3,(H,22,25). The van der Waals surface area contributed by atoms with Gasteiger partial charge in [-0.25, -0.2) is 9.37 Å². The average molecular weight is 417 g/mol. The summed E-state index contributed by atoms with van der Waals surface area (Å²) in [5.74, 6) is -1.55. The zero-order chi connectivity index (χ0) is 21.0. The molecule has 9 heteroatoms. The number of hydrogen-bond donors (Lipinski definition) is 1. The van der Waals surface area contributed by atoms with Gasteiger partial charge in [-0.05, 0) is 37.5 Å². The van der Waals surface area contributed by atoms with E-state index in [0.717, 1.165) is 10.4 Å². The van der Waals surface area contributed by atoms with Crippen LogP contribution in [-0.2, 0) is 27.3 Å². The van der Waals surface area contributed by atoms with Crippen molar-refractivity contribution < 1.29 is 18.7 Å². The number of esters is 1. The number of benzene rings is 1. The van der Waals surface area contributed by atoms with Gasteiger partial charge < -0.3 is 10.1 Å². The summed E-state index contributed by atoms with van der Waals surface area (Å²) in [4.78, 5) is 42.2. The van der Waals surface area contributed by atoms with Crippen LogP contribution in [0, 0.1) is 19.7 Å². The lowest BCUT2D eigenvalue weighted by Gasteiger charge is -2.08. The number of thiophene rings is 1. The fraction of sp³-hybridized carbons (Fsp3) is 0.300. The molecule has 0 radical (unpaired) electrons. The van der Waals surface area contributed by atoms with E-state index in [1.54, 1.807) is 18.2 Å². The molecular weight excluding hydrogens is 397 g/mol. The highest BCUT2D eigenvalue weighted by Crippen LogP contribution is 2.25. The van der Waals surface area contributed by atoms with Gasteiger partial charge in [0.15, 0.2) is 6.61 Å². The summed E-state index contributed by atoms with van der Waals surface area (Å²) in [7, 11) is 0. The molecule has 0 bridgehead atoms. The van der Waals surface area contributed by atoms with Crippen molar-refractivity contribution in [3.05, 3.63) is 62.8 Å². The maximum absolute atomic E-state index is 13.5. The largest absolute Gasteiger partial charge is 0.454 e. The van der Waals surface area contributed by atoms with E-state index in [4.69, 9.17) is 4.74 Å². The van der Waals surface area contributed by atoms with E-state index in [0.29, 0.717) is 22.2 Å². The number of ether oxygens (including phenoxy) is 1. The molecule has 0 aliphatic carbocycles. The number of nitrogens with one attached hydrogen (secondary N) is 1. The van der Waals surface area contributed by atoms with Gasteiger partial charge >= 0.3 is 5.97 Å². The maximum atomic E-state index is 13.5. The Hall–Kier alpha value is -3.07. The van der Waals surface area contributed by atoms with E-state index >= 15 is 0 Å². The molecule has 1 aromatic carbocycles. The number of amides is 1. The Bertz CT molecular complexity index is 1120. The van der Waals surface area contributed by atoms with Crippen molar-refractivity contribution in [2.45, 2.75) is 26.8 Å². The predicted octanol–water partition coefficient (Wildman–Crippen LogP) is 2.12. The van der Waals surface area contributed by atoms with Gasteiger partial charge in [0.1, 0.15) is 17.2 Å². The normalized spacial score (nSPS) is 10.9. The van der Waals surface area contributed by atoms with Gasteiger partial charge in [-0.2, -0.15) is 0 Å². The highest BCUT2D eigenvalue weighted by atomic mass is 32.1. The molecule has 0 aliphatic rings. The molecule has 2 aromatic heterocycles. The number of fused-ring (bicyclic) bond motifs is 1. The first-order valence-electron chi connectivity index (χ1n) is 8.97. The van der Waals surface area contributed by atoms with Crippen LogP contribution in [0.5, 0.6) is 0 Å². The molecular formula is C20H20FN3O4S. The Balaban J connectivity index is 1.50. The first-order chi connectivity index (χ1) is 13.9. The Kier molecular flexibility index (Phi) is 6.38. The molecule has 152 valence electrons. The van der Waals surface area contributed by atoms with E-state index in [1.807, 2.05) is 13.8 Å². The lowest BCUT2D eigenvalue weighted by Crippen LogP contribution is -2.32. The number of aromatic nitrogens is 2. The van der Waals surface area contributed by atoms with Crippen molar-refractivity contribution in [3.8, 4) is 0 Å². The Morgan fingerprint density at radius 1 is 1.28 bits per heavy atom. The number of rotatable bonds is 7. The first-order valence-corrected chi connectivity index (χ1v) is 9.79. The second kappa shape index (κ2) is 8.95. The lowest BCUT2D eigenvalue weighted by molar-refractivity contribution is -0.149. The Morgan fingerprint density at radius 3 is 2.79 bits per heavy atom. The second-order valence-electron chi connectivity index (χ2n) is 6.49. The second-order valence-corrected chi connectivity index (χ2v) is 7.70. The molecule has 0 spiro atoms. The van der Waals surface area contributed by atoms with Crippen LogP contribution < -0.4 is 10.9 Å². The van der Waals surface area contributed by atoms with Crippen LogP contribution in [0.15, 0.2) is 35.4 Å². The topological polar surface area (TPSA) is 90.3 Å². The molecule has 0 fully saturated rings. The first kappa shape index (κ1) is 20.7. The highest BCUT2D eigenvalue weighted by molar-refractivity contribution is 7.18. The Labute approximate surface area is 170 Å². The number of aryl methyl sites for hydroxylation is 2. The minimum Gasteiger partial charge on any atom is -0.454 e. The minimum absolute atomic E-state index is 0.216. The van der Waals surface area contributed by atoms with Gasteiger partial charge in [0.05, 0.1) is 11.7 Å². The maximum Gasteiger partial charge on any atom is 0.326 e. The van der Waals surface area contributed by atoms with Crippen LogP contribution in [0.25, 0.3) is 10.2 Å². The van der Waals surface area contributed by atoms with Crippen molar-refractivity contribution >= 4 is 33.4 Å². The van der Waals surface area contributed by atoms with E-state index in [-0.39, 0.29) is 24.5 Å². The number of nitrogens with zero attached hydrogens (tertiary/aromatic N) is 2. The molecule has 0 unspecified atom stereocenters. The van der Waals surface area contributed by atoms with Crippen molar-refractivity contribution in [2.24, 2.45) is 0 Å². The molecule has 1 N–H and O–H groups in total. The summed E-state index contributed by atoms with van der Waals surface area (Å²) in [5.41, 5.74) is 1.02. The number of hydrogen-bond acceptors (Lipinski definition) is 6. The number of carbonyl (C=O) groups is 2. The molecule has 2 heterocycles. The fourth-order valence-electron chi connectivity index (χ4n) is 2.80. The third kappa shape index (κ3) is 4.86. The van der Waals surface area contributed by atoms with Crippen molar-refractivity contribution in [2.75, 3.05) is 13.2 Å². The predicted molar refractivity (Wildman–Crippen MR) is 107 cm³/mol. The summed E-state index contributed by atoms with van der Waals surface area (Å²) in [6.07, 6.45) is 1.63. The average Bonchev–Trinajstić information content (AvgIpc) is 2.98. The zero-order valence-electron chi connectivity index (χ0n) is 16.0. The van der Waals surface area contributed by atoms with Gasteiger partial charge in [0.2, 0.25) is 0 Å². The molecule has 0 aliphatic heterocycles. The van der Waals surface area contributed by atoms with Crippen LogP contribution in [0.2, 0.25) is 0 Å². The third-order valence-electron chi connectivity index (χ3n) is 4.49. The van der Waals surface area contributed by atoms with Gasteiger partial charge in [-0.1, -0.05) is 18.2 Å². The van der Waals surface area contributed by atoms with Crippen molar-refractivity contribution in [3.63, 3.8) is 0 Å². The van der Waals surface area contributed by atoms with Crippen LogP contribution >= 0.6 is 11.3 Å². The summed E-state index contributed by atoms with van der Waals surface area (Å²) < 4.78 is 19.6. The quantitative estimate of drug-likeness (QED) is 0.595. The molecule has 7 nitrogen and oxygen atoms in total. The minimum atomic E-state index is -0.720. The molecule has 0 atom stereocenters. The SMILES string of the molecule is Cc1sc2ncn(CC(=O)OCC(=O)NCCc3ccccc3F)c(=O)c2c1C. The van der Waals surface area contributed by atoms with Crippen molar-refractivity contribution in [1.82, 2.24) is 14.9 Å². The van der Waals surface area contributed by atoms with E-state index in [2.05, 4.69) is 10.3 Å². The van der Waals surface area contributed by atoms with Gasteiger partial charge in [0, 0.05) is 11.4 Å².